The van der Waals surface area contributed by atoms with Crippen molar-refractivity contribution < 1.29 is 22.0 Å². The minimum absolute atomic E-state index is 0.203. The van der Waals surface area contributed by atoms with Gasteiger partial charge in [-0.2, -0.15) is 13.2 Å². The lowest BCUT2D eigenvalue weighted by Gasteiger charge is -2.33. The molecular weight excluding hydrogens is 306 g/mol. The maximum Gasteiger partial charge on any atom is 0.397 e. The standard InChI is InChI=1S/C7H8F5I/c8-4-1-3(13)2-5(9)6(4)7(10,11)12/h3-6H,1-2H2. The summed E-state index contributed by atoms with van der Waals surface area (Å²) in [7, 11) is 0. The zero-order chi connectivity index (χ0) is 10.2. The minimum atomic E-state index is -4.75. The molecule has 0 heterocycles. The molecule has 0 spiro atoms. The van der Waals surface area contributed by atoms with Gasteiger partial charge in [0.05, 0.1) is 0 Å². The van der Waals surface area contributed by atoms with E-state index in [1.165, 1.54) is 0 Å². The molecular formula is C7H8F5I. The van der Waals surface area contributed by atoms with Gasteiger partial charge in [0.1, 0.15) is 18.3 Å². The van der Waals surface area contributed by atoms with E-state index >= 15 is 0 Å². The highest BCUT2D eigenvalue weighted by Gasteiger charge is 2.53. The van der Waals surface area contributed by atoms with E-state index in [-0.39, 0.29) is 16.8 Å². The molecule has 0 amide bonds. The van der Waals surface area contributed by atoms with E-state index < -0.39 is 24.4 Å². The Morgan fingerprint density at radius 3 is 1.69 bits per heavy atom. The van der Waals surface area contributed by atoms with Crippen molar-refractivity contribution in [3.05, 3.63) is 0 Å². The van der Waals surface area contributed by atoms with Crippen molar-refractivity contribution in [2.75, 3.05) is 0 Å². The Morgan fingerprint density at radius 1 is 1.00 bits per heavy atom. The summed E-state index contributed by atoms with van der Waals surface area (Å²) in [5.41, 5.74) is 0. The van der Waals surface area contributed by atoms with Gasteiger partial charge in [-0.25, -0.2) is 8.78 Å². The second-order valence-electron chi connectivity index (χ2n) is 3.17. The molecule has 0 radical (unpaired) electrons. The van der Waals surface area contributed by atoms with Gasteiger partial charge in [-0.05, 0) is 12.8 Å². The Bertz CT molecular complexity index is 168. The van der Waals surface area contributed by atoms with E-state index in [9.17, 15) is 22.0 Å². The predicted molar refractivity (Wildman–Crippen MR) is 46.4 cm³/mol. The lowest BCUT2D eigenvalue weighted by atomic mass is 9.85. The fourth-order valence-electron chi connectivity index (χ4n) is 1.51. The summed E-state index contributed by atoms with van der Waals surface area (Å²) in [4.78, 5) is 0. The Balaban J connectivity index is 2.73. The quantitative estimate of drug-likeness (QED) is 0.365. The lowest BCUT2D eigenvalue weighted by Crippen LogP contribution is -2.44. The van der Waals surface area contributed by atoms with Gasteiger partial charge < -0.3 is 0 Å². The zero-order valence-electron chi connectivity index (χ0n) is 6.49. The molecule has 0 aromatic heterocycles. The van der Waals surface area contributed by atoms with E-state index in [4.69, 9.17) is 0 Å². The van der Waals surface area contributed by atoms with Gasteiger partial charge >= 0.3 is 6.18 Å². The molecule has 0 nitrogen and oxygen atoms in total. The van der Waals surface area contributed by atoms with Crippen LogP contribution in [-0.2, 0) is 0 Å². The predicted octanol–water partition coefficient (Wildman–Crippen LogP) is 3.44. The van der Waals surface area contributed by atoms with Gasteiger partial charge in [0, 0.05) is 3.92 Å². The van der Waals surface area contributed by atoms with E-state index in [1.807, 2.05) is 0 Å². The van der Waals surface area contributed by atoms with E-state index in [2.05, 4.69) is 0 Å². The third-order valence-electron chi connectivity index (χ3n) is 2.12. The topological polar surface area (TPSA) is 0 Å². The highest BCUT2D eigenvalue weighted by Crippen LogP contribution is 2.42. The molecule has 0 N–H and O–H groups in total. The van der Waals surface area contributed by atoms with Gasteiger partial charge in [-0.1, -0.05) is 22.6 Å². The molecule has 2 unspecified atom stereocenters. The summed E-state index contributed by atoms with van der Waals surface area (Å²) < 4.78 is 61.7. The molecule has 13 heavy (non-hydrogen) atoms. The molecule has 1 rings (SSSR count). The van der Waals surface area contributed by atoms with Crippen LogP contribution >= 0.6 is 22.6 Å². The van der Waals surface area contributed by atoms with Crippen LogP contribution in [0.1, 0.15) is 12.8 Å². The number of alkyl halides is 6. The number of hydrogen-bond acceptors (Lipinski definition) is 0. The molecule has 1 aliphatic rings. The first-order valence-corrected chi connectivity index (χ1v) is 5.06. The van der Waals surface area contributed by atoms with Crippen LogP contribution in [0.5, 0.6) is 0 Å². The van der Waals surface area contributed by atoms with Crippen molar-refractivity contribution in [2.24, 2.45) is 5.92 Å². The van der Waals surface area contributed by atoms with Crippen LogP contribution in [0.2, 0.25) is 0 Å². The summed E-state index contributed by atoms with van der Waals surface area (Å²) in [6, 6.07) is 0. The number of rotatable bonds is 0. The SMILES string of the molecule is FC1CC(I)CC(F)C1C(F)(F)F. The molecule has 1 saturated carbocycles. The first kappa shape index (κ1) is 11.5. The Kier molecular flexibility index (Phi) is 3.40. The van der Waals surface area contributed by atoms with E-state index in [1.54, 1.807) is 22.6 Å². The van der Waals surface area contributed by atoms with Crippen LogP contribution < -0.4 is 0 Å². The number of hydrogen-bond donors (Lipinski definition) is 0. The first-order chi connectivity index (χ1) is 5.82. The molecule has 0 saturated heterocycles. The third kappa shape index (κ3) is 2.66. The number of halogens is 6. The Hall–Kier alpha value is 0.380. The summed E-state index contributed by atoms with van der Waals surface area (Å²) in [6.07, 6.45) is -9.34. The summed E-state index contributed by atoms with van der Waals surface area (Å²) >= 11 is 1.78. The van der Waals surface area contributed by atoms with Crippen LogP contribution in [0.25, 0.3) is 0 Å². The van der Waals surface area contributed by atoms with Gasteiger partial charge in [0.2, 0.25) is 0 Å². The van der Waals surface area contributed by atoms with Crippen LogP contribution in [0.4, 0.5) is 22.0 Å². The fourth-order valence-corrected chi connectivity index (χ4v) is 2.49. The molecule has 0 aromatic rings. The summed E-state index contributed by atoms with van der Waals surface area (Å²) in [6.45, 7) is 0. The maximum absolute atomic E-state index is 12.9. The van der Waals surface area contributed by atoms with Crippen LogP contribution in [0.15, 0.2) is 0 Å². The van der Waals surface area contributed by atoms with Gasteiger partial charge in [-0.15, -0.1) is 0 Å². The normalized spacial score (nSPS) is 42.0. The van der Waals surface area contributed by atoms with Crippen molar-refractivity contribution in [3.8, 4) is 0 Å². The first-order valence-electron chi connectivity index (χ1n) is 3.81. The molecule has 0 aliphatic heterocycles. The average molecular weight is 314 g/mol. The monoisotopic (exact) mass is 314 g/mol. The van der Waals surface area contributed by atoms with Crippen molar-refractivity contribution >= 4 is 22.6 Å². The summed E-state index contributed by atoms with van der Waals surface area (Å²) in [5.74, 6) is -2.42. The summed E-state index contributed by atoms with van der Waals surface area (Å²) in [5, 5.41) is 0. The van der Waals surface area contributed by atoms with Crippen LogP contribution in [0, 0.1) is 5.92 Å². The zero-order valence-corrected chi connectivity index (χ0v) is 8.65. The van der Waals surface area contributed by atoms with Crippen LogP contribution in [0.3, 0.4) is 0 Å². The van der Waals surface area contributed by atoms with E-state index in [0.717, 1.165) is 0 Å². The fraction of sp³-hybridized carbons (Fsp3) is 1.00. The van der Waals surface area contributed by atoms with Gasteiger partial charge in [0.25, 0.3) is 0 Å². The highest BCUT2D eigenvalue weighted by atomic mass is 127. The Labute approximate surface area is 86.0 Å². The largest absolute Gasteiger partial charge is 0.397 e. The average Bonchev–Trinajstić information content (AvgIpc) is 1.78. The second-order valence-corrected chi connectivity index (χ2v) is 4.93. The molecule has 2 atom stereocenters. The van der Waals surface area contributed by atoms with E-state index in [0.29, 0.717) is 0 Å². The molecule has 1 fully saturated rings. The molecule has 78 valence electrons. The molecule has 0 aromatic carbocycles. The second kappa shape index (κ2) is 3.86. The molecule has 6 heteroatoms. The van der Waals surface area contributed by atoms with Crippen LogP contribution in [-0.4, -0.2) is 22.4 Å². The molecule has 1 aliphatic carbocycles. The minimum Gasteiger partial charge on any atom is -0.247 e. The van der Waals surface area contributed by atoms with Crippen molar-refractivity contribution in [2.45, 2.75) is 35.3 Å². The van der Waals surface area contributed by atoms with Crippen molar-refractivity contribution in [3.63, 3.8) is 0 Å². The smallest absolute Gasteiger partial charge is 0.247 e. The lowest BCUT2D eigenvalue weighted by molar-refractivity contribution is -0.213. The maximum atomic E-state index is 12.9. The highest BCUT2D eigenvalue weighted by molar-refractivity contribution is 14.1. The van der Waals surface area contributed by atoms with Crippen molar-refractivity contribution in [1.82, 2.24) is 0 Å². The van der Waals surface area contributed by atoms with Crippen molar-refractivity contribution in [1.29, 1.82) is 0 Å². The van der Waals surface area contributed by atoms with Gasteiger partial charge in [-0.3, -0.25) is 0 Å². The Morgan fingerprint density at radius 2 is 1.38 bits per heavy atom. The third-order valence-corrected chi connectivity index (χ3v) is 3.14. The van der Waals surface area contributed by atoms with Gasteiger partial charge in [0.15, 0.2) is 0 Å². The molecule has 0 bridgehead atoms.